The average molecular weight is 377 g/mol. The molecule has 0 saturated carbocycles. The SMILES string of the molecule is Cc1nc2ccc(C(=O)NCS(=O)[O-])cc2n1Cc1ccccc1Cl. The van der Waals surface area contributed by atoms with E-state index in [2.05, 4.69) is 10.3 Å². The lowest BCUT2D eigenvalue weighted by Gasteiger charge is -2.10. The number of hydrogen-bond donors (Lipinski definition) is 1. The highest BCUT2D eigenvalue weighted by Crippen LogP contribution is 2.22. The third-order valence-corrected chi connectivity index (χ3v) is 4.59. The predicted octanol–water partition coefficient (Wildman–Crippen LogP) is 2.61. The van der Waals surface area contributed by atoms with Crippen molar-refractivity contribution in [2.45, 2.75) is 13.5 Å². The maximum atomic E-state index is 12.1. The van der Waals surface area contributed by atoms with Gasteiger partial charge in [0.1, 0.15) is 5.82 Å². The van der Waals surface area contributed by atoms with E-state index in [9.17, 15) is 13.6 Å². The van der Waals surface area contributed by atoms with E-state index >= 15 is 0 Å². The molecule has 0 aliphatic heterocycles. The molecule has 8 heteroatoms. The van der Waals surface area contributed by atoms with E-state index in [1.165, 1.54) is 0 Å². The molecule has 130 valence electrons. The highest BCUT2D eigenvalue weighted by atomic mass is 35.5. The molecule has 1 atom stereocenters. The summed E-state index contributed by atoms with van der Waals surface area (Å²) in [5.74, 6) is -0.0724. The van der Waals surface area contributed by atoms with E-state index in [1.807, 2.05) is 35.8 Å². The Morgan fingerprint density at radius 1 is 1.32 bits per heavy atom. The first-order valence-corrected chi connectivity index (χ1v) is 9.12. The second-order valence-electron chi connectivity index (χ2n) is 5.49. The number of aryl methyl sites for hydroxylation is 1. The summed E-state index contributed by atoms with van der Waals surface area (Å²) in [6, 6.07) is 12.6. The van der Waals surface area contributed by atoms with Gasteiger partial charge in [-0.05, 0) is 47.8 Å². The molecule has 1 N–H and O–H groups in total. The van der Waals surface area contributed by atoms with Crippen LogP contribution in [0.2, 0.25) is 5.02 Å². The molecule has 6 nitrogen and oxygen atoms in total. The number of halogens is 1. The number of nitrogens with zero attached hydrogens (tertiary/aromatic N) is 2. The molecule has 1 unspecified atom stereocenters. The van der Waals surface area contributed by atoms with Crippen LogP contribution in [-0.2, 0) is 17.6 Å². The first-order valence-electron chi connectivity index (χ1n) is 7.50. The van der Waals surface area contributed by atoms with Crippen LogP contribution in [0.25, 0.3) is 11.0 Å². The first-order chi connectivity index (χ1) is 12.0. The largest absolute Gasteiger partial charge is 0.771 e. The van der Waals surface area contributed by atoms with Crippen LogP contribution in [0.3, 0.4) is 0 Å². The molecule has 2 aromatic carbocycles. The van der Waals surface area contributed by atoms with Gasteiger partial charge < -0.3 is 14.4 Å². The molecular formula is C17H15ClN3O3S-. The Morgan fingerprint density at radius 2 is 2.08 bits per heavy atom. The minimum atomic E-state index is -2.33. The summed E-state index contributed by atoms with van der Waals surface area (Å²) in [7, 11) is 0. The highest BCUT2D eigenvalue weighted by Gasteiger charge is 2.13. The second kappa shape index (κ2) is 7.35. The Balaban J connectivity index is 1.97. The third-order valence-electron chi connectivity index (χ3n) is 3.84. The monoisotopic (exact) mass is 376 g/mol. The molecule has 25 heavy (non-hydrogen) atoms. The normalized spacial score (nSPS) is 12.3. The van der Waals surface area contributed by atoms with Crippen molar-refractivity contribution in [3.8, 4) is 0 Å². The van der Waals surface area contributed by atoms with Crippen LogP contribution in [0.15, 0.2) is 42.5 Å². The van der Waals surface area contributed by atoms with Gasteiger partial charge in [0, 0.05) is 10.6 Å². The summed E-state index contributed by atoms with van der Waals surface area (Å²) in [4.78, 5) is 16.6. The van der Waals surface area contributed by atoms with Crippen LogP contribution in [-0.4, -0.2) is 30.1 Å². The van der Waals surface area contributed by atoms with Gasteiger partial charge >= 0.3 is 0 Å². The number of benzene rings is 2. The van der Waals surface area contributed by atoms with Gasteiger partial charge in [-0.2, -0.15) is 0 Å². The zero-order chi connectivity index (χ0) is 18.0. The lowest BCUT2D eigenvalue weighted by Crippen LogP contribution is -2.26. The fraction of sp³-hybridized carbons (Fsp3) is 0.176. The third kappa shape index (κ3) is 3.89. The van der Waals surface area contributed by atoms with Crippen molar-refractivity contribution in [2.75, 3.05) is 5.88 Å². The Labute approximate surface area is 152 Å². The molecule has 0 radical (unpaired) electrons. The minimum Gasteiger partial charge on any atom is -0.771 e. The molecule has 0 bridgehead atoms. The summed E-state index contributed by atoms with van der Waals surface area (Å²) < 4.78 is 23.2. The van der Waals surface area contributed by atoms with Crippen LogP contribution < -0.4 is 5.32 Å². The van der Waals surface area contributed by atoms with Gasteiger partial charge in [0.25, 0.3) is 5.91 Å². The van der Waals surface area contributed by atoms with Gasteiger partial charge in [0.2, 0.25) is 0 Å². The Bertz CT molecular complexity index is 971. The van der Waals surface area contributed by atoms with Crippen LogP contribution in [0.1, 0.15) is 21.7 Å². The highest BCUT2D eigenvalue weighted by molar-refractivity contribution is 7.79. The molecular weight excluding hydrogens is 362 g/mol. The van der Waals surface area contributed by atoms with Crippen molar-refractivity contribution in [3.05, 3.63) is 64.4 Å². The number of amides is 1. The van der Waals surface area contributed by atoms with Gasteiger partial charge in [-0.1, -0.05) is 29.8 Å². The standard InChI is InChI=1S/C17H16ClN3O3S/c1-11-20-15-7-6-12(17(22)19-10-25(23)24)8-16(15)21(11)9-13-4-2-3-5-14(13)18/h2-8H,9-10H2,1H3,(H,19,22)(H,23,24)/p-1. The Hall–Kier alpha value is -2.22. The fourth-order valence-corrected chi connectivity index (χ4v) is 3.05. The Morgan fingerprint density at radius 3 is 2.80 bits per heavy atom. The van der Waals surface area contributed by atoms with E-state index in [-0.39, 0.29) is 0 Å². The maximum Gasteiger partial charge on any atom is 0.252 e. The minimum absolute atomic E-state index is 0.373. The van der Waals surface area contributed by atoms with Crippen LogP contribution >= 0.6 is 11.6 Å². The molecule has 0 spiro atoms. The first kappa shape index (κ1) is 17.6. The number of hydrogen-bond acceptors (Lipinski definition) is 4. The lowest BCUT2D eigenvalue weighted by molar-refractivity contribution is 0.0959. The number of fused-ring (bicyclic) bond motifs is 1. The van der Waals surface area contributed by atoms with Crippen LogP contribution in [0.4, 0.5) is 0 Å². The number of rotatable bonds is 5. The van der Waals surface area contributed by atoms with Gasteiger partial charge in [-0.15, -0.1) is 0 Å². The zero-order valence-corrected chi connectivity index (χ0v) is 14.9. The second-order valence-corrected chi connectivity index (χ2v) is 6.80. The summed E-state index contributed by atoms with van der Waals surface area (Å²) in [5.41, 5.74) is 2.86. The van der Waals surface area contributed by atoms with Gasteiger partial charge in [0.05, 0.1) is 23.5 Å². The van der Waals surface area contributed by atoms with Crippen molar-refractivity contribution >= 4 is 39.6 Å². The predicted molar refractivity (Wildman–Crippen MR) is 96.3 cm³/mol. The van der Waals surface area contributed by atoms with E-state index in [1.54, 1.807) is 18.2 Å². The molecule has 0 saturated heterocycles. The average Bonchev–Trinajstić information content (AvgIpc) is 2.89. The molecule has 1 aromatic heterocycles. The summed E-state index contributed by atoms with van der Waals surface area (Å²) >= 11 is 3.91. The molecule has 1 amide bonds. The number of carbonyl (C=O) groups excluding carboxylic acids is 1. The molecule has 1 heterocycles. The number of aromatic nitrogens is 2. The molecule has 3 aromatic rings. The zero-order valence-electron chi connectivity index (χ0n) is 13.4. The van der Waals surface area contributed by atoms with Gasteiger partial charge in [-0.25, -0.2) is 4.98 Å². The lowest BCUT2D eigenvalue weighted by atomic mass is 10.1. The molecule has 0 aliphatic carbocycles. The quantitative estimate of drug-likeness (QED) is 0.693. The maximum absolute atomic E-state index is 12.1. The van der Waals surface area contributed by atoms with Crippen molar-refractivity contribution in [1.29, 1.82) is 0 Å². The van der Waals surface area contributed by atoms with Gasteiger partial charge in [0.15, 0.2) is 0 Å². The van der Waals surface area contributed by atoms with E-state index in [0.717, 1.165) is 22.4 Å². The molecule has 0 fully saturated rings. The van der Waals surface area contributed by atoms with Crippen molar-refractivity contribution in [3.63, 3.8) is 0 Å². The summed E-state index contributed by atoms with van der Waals surface area (Å²) in [5, 5.41) is 3.01. The molecule has 3 rings (SSSR count). The van der Waals surface area contributed by atoms with Crippen molar-refractivity contribution in [1.82, 2.24) is 14.9 Å². The number of carbonyl (C=O) groups is 1. The number of imidazole rings is 1. The topological polar surface area (TPSA) is 87.1 Å². The Kier molecular flexibility index (Phi) is 5.17. The van der Waals surface area contributed by atoms with Crippen molar-refractivity contribution in [2.24, 2.45) is 0 Å². The van der Waals surface area contributed by atoms with E-state index in [4.69, 9.17) is 11.6 Å². The van der Waals surface area contributed by atoms with E-state index in [0.29, 0.717) is 17.1 Å². The van der Waals surface area contributed by atoms with Crippen LogP contribution in [0, 0.1) is 6.92 Å². The number of nitrogens with one attached hydrogen (secondary N) is 1. The van der Waals surface area contributed by atoms with Gasteiger partial charge in [-0.3, -0.25) is 9.00 Å². The smallest absolute Gasteiger partial charge is 0.252 e. The fourth-order valence-electron chi connectivity index (χ4n) is 2.61. The molecule has 0 aliphatic rings. The summed E-state index contributed by atoms with van der Waals surface area (Å²) in [6.45, 7) is 2.41. The summed E-state index contributed by atoms with van der Waals surface area (Å²) in [6.07, 6.45) is 0. The van der Waals surface area contributed by atoms with Crippen molar-refractivity contribution < 1.29 is 13.6 Å². The van der Waals surface area contributed by atoms with E-state index < -0.39 is 22.9 Å². The van der Waals surface area contributed by atoms with Crippen LogP contribution in [0.5, 0.6) is 0 Å².